The maximum absolute atomic E-state index is 12.0. The van der Waals surface area contributed by atoms with Gasteiger partial charge in [-0.1, -0.05) is 53.4 Å². The quantitative estimate of drug-likeness (QED) is 0.251. The number of hydrogen-bond donors (Lipinski definition) is 0. The number of ether oxygens (including phenoxy) is 1. The molecule has 4 rings (SSSR count). The summed E-state index contributed by atoms with van der Waals surface area (Å²) in [4.78, 5) is 12.0. The summed E-state index contributed by atoms with van der Waals surface area (Å²) < 4.78 is 16.1. The van der Waals surface area contributed by atoms with Crippen LogP contribution in [0, 0.1) is 11.8 Å². The first-order valence-corrected chi connectivity index (χ1v) is 9.89. The van der Waals surface area contributed by atoms with Crippen molar-refractivity contribution in [3.05, 3.63) is 65.4 Å². The molecule has 0 saturated carbocycles. The van der Waals surface area contributed by atoms with Gasteiger partial charge in [0.1, 0.15) is 5.58 Å². The minimum atomic E-state index is -0.548. The van der Waals surface area contributed by atoms with E-state index in [2.05, 4.69) is 22.0 Å². The highest BCUT2D eigenvalue weighted by Gasteiger charge is 2.13. The van der Waals surface area contributed by atoms with Crippen LogP contribution in [0.15, 0.2) is 68.7 Å². The van der Waals surface area contributed by atoms with E-state index in [9.17, 15) is 4.79 Å². The lowest BCUT2D eigenvalue weighted by molar-refractivity contribution is 0.0523. The number of hydrogen-bond acceptors (Lipinski definition) is 7. The van der Waals surface area contributed by atoms with Crippen LogP contribution in [0.5, 0.6) is 0 Å². The van der Waals surface area contributed by atoms with Gasteiger partial charge in [-0.05, 0) is 36.4 Å². The number of para-hydroxylation sites is 1. The fourth-order valence-corrected chi connectivity index (χ4v) is 3.09. The summed E-state index contributed by atoms with van der Waals surface area (Å²) in [5.74, 6) is 6.10. The Morgan fingerprint density at radius 2 is 1.90 bits per heavy atom. The highest BCUT2D eigenvalue weighted by Crippen LogP contribution is 2.24. The van der Waals surface area contributed by atoms with Gasteiger partial charge in [0.2, 0.25) is 11.7 Å². The first-order chi connectivity index (χ1) is 14.2. The van der Waals surface area contributed by atoms with Crippen LogP contribution in [0.4, 0.5) is 0 Å². The first kappa shape index (κ1) is 19.1. The van der Waals surface area contributed by atoms with Crippen molar-refractivity contribution in [3.8, 4) is 23.3 Å². The van der Waals surface area contributed by atoms with Gasteiger partial charge >= 0.3 is 5.97 Å². The van der Waals surface area contributed by atoms with Gasteiger partial charge in [0.05, 0.1) is 5.75 Å². The maximum Gasteiger partial charge on any atom is 0.375 e. The Balaban J connectivity index is 1.24. The zero-order valence-corrected chi connectivity index (χ0v) is 16.5. The molecule has 0 bridgehead atoms. The van der Waals surface area contributed by atoms with Crippen LogP contribution in [-0.2, 0) is 4.74 Å². The van der Waals surface area contributed by atoms with E-state index < -0.39 is 5.97 Å². The molecule has 0 amide bonds. The van der Waals surface area contributed by atoms with Crippen molar-refractivity contribution in [2.75, 3.05) is 12.4 Å². The lowest BCUT2D eigenvalue weighted by Gasteiger charge is -1.95. The molecule has 0 saturated heterocycles. The number of halogens is 1. The Morgan fingerprint density at radius 1 is 1.07 bits per heavy atom. The Bertz CT molecular complexity index is 1170. The van der Waals surface area contributed by atoms with E-state index >= 15 is 0 Å². The molecule has 2 aromatic heterocycles. The van der Waals surface area contributed by atoms with Crippen molar-refractivity contribution in [2.45, 2.75) is 5.22 Å². The van der Waals surface area contributed by atoms with Gasteiger partial charge in [0.15, 0.2) is 6.61 Å². The molecule has 0 aliphatic heterocycles. The molecular formula is C21H13ClN2O4S. The van der Waals surface area contributed by atoms with Gasteiger partial charge in [-0.3, -0.25) is 0 Å². The van der Waals surface area contributed by atoms with Crippen LogP contribution in [0.25, 0.3) is 22.4 Å². The number of rotatable bonds is 5. The number of nitrogens with zero attached hydrogens (tertiary/aromatic N) is 2. The highest BCUT2D eigenvalue weighted by molar-refractivity contribution is 7.99. The largest absolute Gasteiger partial charge is 0.449 e. The third-order valence-electron chi connectivity index (χ3n) is 3.79. The lowest BCUT2D eigenvalue weighted by Crippen LogP contribution is -2.03. The third-order valence-corrected chi connectivity index (χ3v) is 4.75. The summed E-state index contributed by atoms with van der Waals surface area (Å²) in [7, 11) is 0. The lowest BCUT2D eigenvalue weighted by atomic mass is 10.2. The topological polar surface area (TPSA) is 78.4 Å². The number of furan rings is 1. The smallest absolute Gasteiger partial charge is 0.375 e. The molecule has 29 heavy (non-hydrogen) atoms. The average Bonchev–Trinajstić information content (AvgIpc) is 3.38. The summed E-state index contributed by atoms with van der Waals surface area (Å²) >= 11 is 7.16. The van der Waals surface area contributed by atoms with Crippen molar-refractivity contribution >= 4 is 40.3 Å². The minimum absolute atomic E-state index is 0.0315. The summed E-state index contributed by atoms with van der Waals surface area (Å²) in [6, 6.07) is 16.1. The average molecular weight is 425 g/mol. The number of carbonyl (C=O) groups excluding carboxylic acids is 1. The monoisotopic (exact) mass is 424 g/mol. The molecule has 144 valence electrons. The highest BCUT2D eigenvalue weighted by atomic mass is 35.5. The predicted octanol–water partition coefficient (Wildman–Crippen LogP) is 5.09. The fourth-order valence-electron chi connectivity index (χ4n) is 2.43. The van der Waals surface area contributed by atoms with E-state index in [4.69, 9.17) is 25.2 Å². The van der Waals surface area contributed by atoms with Gasteiger partial charge in [-0.25, -0.2) is 4.79 Å². The molecule has 0 fully saturated rings. The SMILES string of the molecule is O=C(OCC#CCSc1nnc(-c2ccc(Cl)cc2)o1)c1cc2ccccc2o1. The molecule has 0 aliphatic rings. The first-order valence-electron chi connectivity index (χ1n) is 8.53. The Hall–Kier alpha value is -3.21. The minimum Gasteiger partial charge on any atom is -0.449 e. The summed E-state index contributed by atoms with van der Waals surface area (Å²) in [6.45, 7) is -0.0315. The van der Waals surface area contributed by atoms with Crippen molar-refractivity contribution < 1.29 is 18.4 Å². The van der Waals surface area contributed by atoms with Crippen molar-refractivity contribution in [1.29, 1.82) is 0 Å². The normalized spacial score (nSPS) is 10.5. The van der Waals surface area contributed by atoms with E-state index in [0.29, 0.717) is 27.5 Å². The van der Waals surface area contributed by atoms with Crippen molar-refractivity contribution in [1.82, 2.24) is 10.2 Å². The summed E-state index contributed by atoms with van der Waals surface area (Å²) in [5.41, 5.74) is 1.43. The van der Waals surface area contributed by atoms with Crippen LogP contribution in [0.2, 0.25) is 5.02 Å². The standard InChI is InChI=1S/C21H13ClN2O4S/c22-16-9-7-14(8-10-16)19-23-24-21(28-19)29-12-4-3-11-26-20(25)18-13-15-5-1-2-6-17(15)27-18/h1-2,5-10,13H,11-12H2. The molecule has 0 radical (unpaired) electrons. The molecule has 0 aliphatic carbocycles. The molecular weight excluding hydrogens is 412 g/mol. The van der Waals surface area contributed by atoms with E-state index in [1.807, 2.05) is 18.2 Å². The molecule has 0 atom stereocenters. The number of fused-ring (bicyclic) bond motifs is 1. The Kier molecular flexibility index (Phi) is 5.84. The van der Waals surface area contributed by atoms with E-state index in [1.54, 1.807) is 36.4 Å². The van der Waals surface area contributed by atoms with Crippen molar-refractivity contribution in [2.24, 2.45) is 0 Å². The Labute approximate surface area is 175 Å². The van der Waals surface area contributed by atoms with Gasteiger partial charge in [0, 0.05) is 16.0 Å². The van der Waals surface area contributed by atoms with Crippen LogP contribution in [0.1, 0.15) is 10.6 Å². The second-order valence-corrected chi connectivity index (χ2v) is 7.11. The number of esters is 1. The number of benzene rings is 2. The molecule has 6 nitrogen and oxygen atoms in total. The summed E-state index contributed by atoms with van der Waals surface area (Å²) in [5, 5.41) is 9.86. The van der Waals surface area contributed by atoms with Gasteiger partial charge in [-0.15, -0.1) is 10.2 Å². The molecule has 0 spiro atoms. The maximum atomic E-state index is 12.0. The molecule has 8 heteroatoms. The van der Waals surface area contributed by atoms with Gasteiger partial charge in [0.25, 0.3) is 5.22 Å². The van der Waals surface area contributed by atoms with E-state index in [0.717, 1.165) is 10.9 Å². The van der Waals surface area contributed by atoms with Crippen LogP contribution < -0.4 is 0 Å². The zero-order chi connectivity index (χ0) is 20.1. The van der Waals surface area contributed by atoms with E-state index in [1.165, 1.54) is 11.8 Å². The zero-order valence-electron chi connectivity index (χ0n) is 14.9. The fraction of sp³-hybridized carbons (Fsp3) is 0.0952. The van der Waals surface area contributed by atoms with Gasteiger partial charge < -0.3 is 13.6 Å². The van der Waals surface area contributed by atoms with Crippen LogP contribution >= 0.6 is 23.4 Å². The van der Waals surface area contributed by atoms with Crippen LogP contribution in [0.3, 0.4) is 0 Å². The summed E-state index contributed by atoms with van der Waals surface area (Å²) in [6.07, 6.45) is 0. The Morgan fingerprint density at radius 3 is 2.72 bits per heavy atom. The molecule has 2 heterocycles. The molecule has 4 aromatic rings. The third kappa shape index (κ3) is 4.80. The number of aromatic nitrogens is 2. The van der Waals surface area contributed by atoms with E-state index in [-0.39, 0.29) is 12.4 Å². The second-order valence-electron chi connectivity index (χ2n) is 5.75. The predicted molar refractivity (Wildman–Crippen MR) is 110 cm³/mol. The molecule has 0 N–H and O–H groups in total. The number of carbonyl (C=O) groups is 1. The molecule has 2 aromatic carbocycles. The molecule has 0 unspecified atom stereocenters. The number of thioether (sulfide) groups is 1. The van der Waals surface area contributed by atoms with Gasteiger partial charge in [-0.2, -0.15) is 0 Å². The van der Waals surface area contributed by atoms with Crippen molar-refractivity contribution in [3.63, 3.8) is 0 Å². The van der Waals surface area contributed by atoms with Crippen LogP contribution in [-0.4, -0.2) is 28.5 Å². The second kappa shape index (κ2) is 8.86.